The fraction of sp³-hybridized carbons (Fsp3) is 0.250. The van der Waals surface area contributed by atoms with Crippen LogP contribution in [0.1, 0.15) is 47.1 Å². The normalized spacial score (nSPS) is 11.8. The van der Waals surface area contributed by atoms with Crippen molar-refractivity contribution in [3.63, 3.8) is 0 Å². The van der Waals surface area contributed by atoms with Crippen LogP contribution in [0.2, 0.25) is 0 Å². The van der Waals surface area contributed by atoms with E-state index in [1.54, 1.807) is 22.7 Å². The summed E-state index contributed by atoms with van der Waals surface area (Å²) in [6.07, 6.45) is 0. The first-order valence-corrected chi connectivity index (χ1v) is 11.2. The van der Waals surface area contributed by atoms with E-state index in [-0.39, 0.29) is 11.3 Å². The molecular formula is C24H24N2OS2. The molecule has 0 spiro atoms. The second-order valence-electron chi connectivity index (χ2n) is 8.26. The lowest BCUT2D eigenvalue weighted by Gasteiger charge is -2.19. The molecule has 0 fully saturated rings. The molecule has 2 heterocycles. The second kappa shape index (κ2) is 7.39. The lowest BCUT2D eigenvalue weighted by Crippen LogP contribution is -2.14. The number of thiazole rings is 1. The molecule has 4 aromatic rings. The van der Waals surface area contributed by atoms with Crippen molar-refractivity contribution in [1.82, 2.24) is 4.98 Å². The van der Waals surface area contributed by atoms with E-state index in [2.05, 4.69) is 46.0 Å². The van der Waals surface area contributed by atoms with Crippen molar-refractivity contribution in [2.24, 2.45) is 0 Å². The van der Waals surface area contributed by atoms with Crippen molar-refractivity contribution < 1.29 is 4.79 Å². The third-order valence-corrected chi connectivity index (χ3v) is 7.31. The number of para-hydroxylation sites is 1. The molecule has 4 rings (SSSR count). The maximum Gasteiger partial charge on any atom is 0.256 e. The molecule has 0 aliphatic rings. The van der Waals surface area contributed by atoms with Crippen LogP contribution >= 0.6 is 22.7 Å². The van der Waals surface area contributed by atoms with Crippen molar-refractivity contribution in [1.29, 1.82) is 0 Å². The summed E-state index contributed by atoms with van der Waals surface area (Å²) in [5, 5.41) is 4.95. The smallest absolute Gasteiger partial charge is 0.256 e. The van der Waals surface area contributed by atoms with Gasteiger partial charge in [0.05, 0.1) is 10.2 Å². The predicted molar refractivity (Wildman–Crippen MR) is 126 cm³/mol. The monoisotopic (exact) mass is 420 g/mol. The molecule has 0 aliphatic heterocycles. The predicted octanol–water partition coefficient (Wildman–Crippen LogP) is 7.19. The van der Waals surface area contributed by atoms with Gasteiger partial charge in [-0.15, -0.1) is 22.7 Å². The average Bonchev–Trinajstić information content (AvgIpc) is 3.21. The number of benzene rings is 2. The van der Waals surface area contributed by atoms with Crippen LogP contribution in [0.5, 0.6) is 0 Å². The molecule has 0 aliphatic carbocycles. The Morgan fingerprint density at radius 2 is 1.66 bits per heavy atom. The van der Waals surface area contributed by atoms with Crippen LogP contribution in [0.25, 0.3) is 20.8 Å². The molecule has 0 bridgehead atoms. The van der Waals surface area contributed by atoms with Crippen LogP contribution in [0.4, 0.5) is 5.00 Å². The summed E-state index contributed by atoms with van der Waals surface area (Å²) in [6.45, 7) is 10.7. The molecule has 2 aromatic heterocycles. The molecule has 0 radical (unpaired) electrons. The fourth-order valence-corrected chi connectivity index (χ4v) is 5.44. The number of nitrogens with one attached hydrogen (secondary N) is 1. The topological polar surface area (TPSA) is 42.0 Å². The molecule has 0 unspecified atom stereocenters. The number of aromatic nitrogens is 1. The molecule has 29 heavy (non-hydrogen) atoms. The van der Waals surface area contributed by atoms with Crippen LogP contribution in [0, 0.1) is 13.8 Å². The Bertz CT molecular complexity index is 1160. The standard InChI is InChI=1S/C24H24N2OS2/c1-14-15(2)28-23(20(14)22-25-18-8-6-7-9-19(18)29-22)26-21(27)16-10-12-17(13-11-16)24(3,4)5/h6-13H,1-5H3,(H,26,27). The van der Waals surface area contributed by atoms with Gasteiger partial charge < -0.3 is 5.32 Å². The van der Waals surface area contributed by atoms with Crippen LogP contribution in [-0.4, -0.2) is 10.9 Å². The van der Waals surface area contributed by atoms with Gasteiger partial charge in [0.25, 0.3) is 5.91 Å². The highest BCUT2D eigenvalue weighted by Crippen LogP contribution is 2.43. The van der Waals surface area contributed by atoms with Crippen LogP contribution in [-0.2, 0) is 5.41 Å². The Labute approximate surface area is 179 Å². The number of carbonyl (C=O) groups excluding carboxylic acids is 1. The van der Waals surface area contributed by atoms with E-state index in [0.717, 1.165) is 25.8 Å². The van der Waals surface area contributed by atoms with Gasteiger partial charge in [-0.05, 0) is 54.7 Å². The molecule has 0 saturated carbocycles. The zero-order valence-corrected chi connectivity index (χ0v) is 18.9. The van der Waals surface area contributed by atoms with Gasteiger partial charge in [0.2, 0.25) is 0 Å². The number of thiophene rings is 1. The lowest BCUT2D eigenvalue weighted by molar-refractivity contribution is 0.102. The molecule has 0 atom stereocenters. The summed E-state index contributed by atoms with van der Waals surface area (Å²) in [4.78, 5) is 18.9. The van der Waals surface area contributed by atoms with Gasteiger partial charge in [0, 0.05) is 16.0 Å². The Morgan fingerprint density at radius 1 is 0.966 bits per heavy atom. The number of hydrogen-bond acceptors (Lipinski definition) is 4. The molecule has 1 N–H and O–H groups in total. The number of amides is 1. The molecule has 5 heteroatoms. The van der Waals surface area contributed by atoms with Crippen molar-refractivity contribution in [2.45, 2.75) is 40.0 Å². The Balaban J connectivity index is 1.67. The first-order valence-electron chi connectivity index (χ1n) is 9.62. The number of nitrogens with zero attached hydrogens (tertiary/aromatic N) is 1. The minimum absolute atomic E-state index is 0.0665. The number of anilines is 1. The maximum absolute atomic E-state index is 12.9. The van der Waals surface area contributed by atoms with Gasteiger partial charge in [-0.2, -0.15) is 0 Å². The van der Waals surface area contributed by atoms with E-state index in [4.69, 9.17) is 4.98 Å². The van der Waals surface area contributed by atoms with E-state index < -0.39 is 0 Å². The summed E-state index contributed by atoms with van der Waals surface area (Å²) in [7, 11) is 0. The van der Waals surface area contributed by atoms with Gasteiger partial charge in [-0.25, -0.2) is 4.98 Å². The van der Waals surface area contributed by atoms with E-state index in [0.29, 0.717) is 5.56 Å². The first kappa shape index (κ1) is 19.8. The number of rotatable bonds is 3. The molecule has 3 nitrogen and oxygen atoms in total. The molecular weight excluding hydrogens is 396 g/mol. The number of fused-ring (bicyclic) bond motifs is 1. The van der Waals surface area contributed by atoms with Gasteiger partial charge in [-0.3, -0.25) is 4.79 Å². The Morgan fingerprint density at radius 3 is 2.31 bits per heavy atom. The molecule has 0 saturated heterocycles. The largest absolute Gasteiger partial charge is 0.313 e. The first-order chi connectivity index (χ1) is 13.7. The SMILES string of the molecule is Cc1sc(NC(=O)c2ccc(C(C)(C)C)cc2)c(-c2nc3ccccc3s2)c1C. The number of carbonyl (C=O) groups is 1. The average molecular weight is 421 g/mol. The third-order valence-electron chi connectivity index (χ3n) is 5.13. The van der Waals surface area contributed by atoms with Crippen molar-refractivity contribution >= 4 is 43.8 Å². The summed E-state index contributed by atoms with van der Waals surface area (Å²) in [5.41, 5.74) is 5.15. The van der Waals surface area contributed by atoms with Crippen molar-refractivity contribution in [3.05, 3.63) is 70.1 Å². The molecule has 1 amide bonds. The van der Waals surface area contributed by atoms with E-state index in [9.17, 15) is 4.79 Å². The van der Waals surface area contributed by atoms with Crippen LogP contribution in [0.3, 0.4) is 0 Å². The zero-order chi connectivity index (χ0) is 20.8. The minimum Gasteiger partial charge on any atom is -0.313 e. The van der Waals surface area contributed by atoms with Gasteiger partial charge in [0.15, 0.2) is 0 Å². The van der Waals surface area contributed by atoms with Gasteiger partial charge in [-0.1, -0.05) is 45.0 Å². The second-order valence-corrected chi connectivity index (χ2v) is 10.5. The van der Waals surface area contributed by atoms with Gasteiger partial charge >= 0.3 is 0 Å². The molecule has 2 aromatic carbocycles. The summed E-state index contributed by atoms with van der Waals surface area (Å²) in [6, 6.07) is 16.0. The quantitative estimate of drug-likeness (QED) is 0.381. The molecule has 148 valence electrons. The summed E-state index contributed by atoms with van der Waals surface area (Å²) >= 11 is 3.27. The van der Waals surface area contributed by atoms with Crippen LogP contribution < -0.4 is 5.32 Å². The highest BCUT2D eigenvalue weighted by molar-refractivity contribution is 7.22. The zero-order valence-electron chi connectivity index (χ0n) is 17.3. The maximum atomic E-state index is 12.9. The fourth-order valence-electron chi connectivity index (χ4n) is 3.25. The van der Waals surface area contributed by atoms with Gasteiger partial charge in [0.1, 0.15) is 10.0 Å². The van der Waals surface area contributed by atoms with E-state index in [1.165, 1.54) is 16.0 Å². The number of hydrogen-bond donors (Lipinski definition) is 1. The van der Waals surface area contributed by atoms with Crippen molar-refractivity contribution in [3.8, 4) is 10.6 Å². The number of aryl methyl sites for hydroxylation is 1. The van der Waals surface area contributed by atoms with Crippen molar-refractivity contribution in [2.75, 3.05) is 5.32 Å². The van der Waals surface area contributed by atoms with E-state index in [1.807, 2.05) is 42.5 Å². The third kappa shape index (κ3) is 3.85. The summed E-state index contributed by atoms with van der Waals surface area (Å²) in [5.74, 6) is -0.0888. The highest BCUT2D eigenvalue weighted by atomic mass is 32.1. The Hall–Kier alpha value is -2.50. The lowest BCUT2D eigenvalue weighted by atomic mass is 9.87. The van der Waals surface area contributed by atoms with E-state index >= 15 is 0 Å². The highest BCUT2D eigenvalue weighted by Gasteiger charge is 2.21. The minimum atomic E-state index is -0.0888. The summed E-state index contributed by atoms with van der Waals surface area (Å²) < 4.78 is 1.15. The van der Waals surface area contributed by atoms with Crippen LogP contribution in [0.15, 0.2) is 48.5 Å². The Kier molecular flexibility index (Phi) is 5.05.